The molecule has 0 amide bonds. The molecule has 0 aliphatic carbocycles. The van der Waals surface area contributed by atoms with Crippen LogP contribution in [0.15, 0.2) is 59.6 Å². The molecule has 0 saturated heterocycles. The first-order valence-electron chi connectivity index (χ1n) is 6.99. The lowest BCUT2D eigenvalue weighted by atomic mass is 10.2. The van der Waals surface area contributed by atoms with E-state index in [1.165, 1.54) is 16.8 Å². The Balaban J connectivity index is 1.68. The van der Waals surface area contributed by atoms with E-state index in [1.807, 2.05) is 6.07 Å². The first-order chi connectivity index (χ1) is 9.83. The van der Waals surface area contributed by atoms with Crippen molar-refractivity contribution in [1.82, 2.24) is 5.32 Å². The van der Waals surface area contributed by atoms with Crippen molar-refractivity contribution in [3.05, 3.63) is 65.7 Å². The van der Waals surface area contributed by atoms with Gasteiger partial charge in [0, 0.05) is 18.8 Å². The molecule has 0 saturated carbocycles. The van der Waals surface area contributed by atoms with Gasteiger partial charge in [-0.3, -0.25) is 4.99 Å². The average molecular weight is 265 g/mol. The first kappa shape index (κ1) is 12.7. The number of aryl methyl sites for hydroxylation is 1. The summed E-state index contributed by atoms with van der Waals surface area (Å²) in [5.74, 6) is 0.970. The molecule has 3 heteroatoms. The zero-order chi connectivity index (χ0) is 13.8. The second kappa shape index (κ2) is 5.78. The van der Waals surface area contributed by atoms with E-state index in [2.05, 4.69) is 70.7 Å². The van der Waals surface area contributed by atoms with E-state index in [0.29, 0.717) is 0 Å². The van der Waals surface area contributed by atoms with Gasteiger partial charge < -0.3 is 10.2 Å². The van der Waals surface area contributed by atoms with Gasteiger partial charge in [0.1, 0.15) is 0 Å². The van der Waals surface area contributed by atoms with Gasteiger partial charge in [0.05, 0.1) is 6.54 Å². The van der Waals surface area contributed by atoms with E-state index in [0.717, 1.165) is 25.6 Å². The average Bonchev–Trinajstić information content (AvgIpc) is 2.95. The Bertz CT molecular complexity index is 587. The van der Waals surface area contributed by atoms with E-state index in [4.69, 9.17) is 0 Å². The zero-order valence-corrected chi connectivity index (χ0v) is 11.7. The van der Waals surface area contributed by atoms with Gasteiger partial charge in [-0.25, -0.2) is 0 Å². The van der Waals surface area contributed by atoms with E-state index in [1.54, 1.807) is 0 Å². The van der Waals surface area contributed by atoms with Crippen LogP contribution in [0.5, 0.6) is 0 Å². The fourth-order valence-corrected chi connectivity index (χ4v) is 2.35. The Morgan fingerprint density at radius 3 is 2.55 bits per heavy atom. The Morgan fingerprint density at radius 2 is 1.80 bits per heavy atom. The highest BCUT2D eigenvalue weighted by molar-refractivity contribution is 5.97. The summed E-state index contributed by atoms with van der Waals surface area (Å²) < 4.78 is 0. The molecule has 0 bridgehead atoms. The zero-order valence-electron chi connectivity index (χ0n) is 11.7. The quantitative estimate of drug-likeness (QED) is 0.924. The van der Waals surface area contributed by atoms with Crippen LogP contribution in [0.25, 0.3) is 0 Å². The lowest BCUT2D eigenvalue weighted by Crippen LogP contribution is -2.38. The van der Waals surface area contributed by atoms with Crippen LogP contribution in [-0.4, -0.2) is 19.0 Å². The molecule has 1 heterocycles. The Morgan fingerprint density at radius 1 is 1.05 bits per heavy atom. The number of guanidine groups is 1. The summed E-state index contributed by atoms with van der Waals surface area (Å²) in [6.45, 7) is 4.71. The number of benzene rings is 2. The number of nitrogens with one attached hydrogen (secondary N) is 1. The third-order valence-corrected chi connectivity index (χ3v) is 3.48. The monoisotopic (exact) mass is 265 g/mol. The number of anilines is 1. The molecule has 0 unspecified atom stereocenters. The SMILES string of the molecule is Cc1ccc(N2CCN=C2NCc2ccccc2)cc1. The molecule has 20 heavy (non-hydrogen) atoms. The number of nitrogens with zero attached hydrogens (tertiary/aromatic N) is 2. The van der Waals surface area contributed by atoms with Crippen LogP contribution in [0.2, 0.25) is 0 Å². The molecule has 3 rings (SSSR count). The summed E-state index contributed by atoms with van der Waals surface area (Å²) >= 11 is 0. The van der Waals surface area contributed by atoms with Crippen molar-refractivity contribution in [1.29, 1.82) is 0 Å². The molecule has 0 radical (unpaired) electrons. The lowest BCUT2D eigenvalue weighted by Gasteiger charge is -2.21. The second-order valence-electron chi connectivity index (χ2n) is 5.03. The molecule has 0 spiro atoms. The maximum Gasteiger partial charge on any atom is 0.198 e. The predicted octanol–water partition coefficient (Wildman–Crippen LogP) is 2.96. The Labute approximate surface area is 120 Å². The van der Waals surface area contributed by atoms with Gasteiger partial charge in [-0.15, -0.1) is 0 Å². The predicted molar refractivity (Wildman–Crippen MR) is 84.1 cm³/mol. The molecule has 0 fully saturated rings. The van der Waals surface area contributed by atoms with Crippen LogP contribution in [0.3, 0.4) is 0 Å². The van der Waals surface area contributed by atoms with E-state index in [-0.39, 0.29) is 0 Å². The van der Waals surface area contributed by atoms with Crippen LogP contribution in [0.1, 0.15) is 11.1 Å². The minimum Gasteiger partial charge on any atom is -0.352 e. The lowest BCUT2D eigenvalue weighted by molar-refractivity contribution is 0.894. The van der Waals surface area contributed by atoms with Gasteiger partial charge in [0.25, 0.3) is 0 Å². The molecule has 0 atom stereocenters. The minimum absolute atomic E-state index is 0.808. The largest absolute Gasteiger partial charge is 0.352 e. The second-order valence-corrected chi connectivity index (χ2v) is 5.03. The third-order valence-electron chi connectivity index (χ3n) is 3.48. The number of hydrogen-bond acceptors (Lipinski definition) is 3. The summed E-state index contributed by atoms with van der Waals surface area (Å²) in [6.07, 6.45) is 0. The Hall–Kier alpha value is -2.29. The van der Waals surface area contributed by atoms with Crippen LogP contribution < -0.4 is 10.2 Å². The third kappa shape index (κ3) is 2.82. The molecular formula is C17H19N3. The first-order valence-corrected chi connectivity index (χ1v) is 6.99. The number of hydrogen-bond donors (Lipinski definition) is 1. The van der Waals surface area contributed by atoms with Gasteiger partial charge in [0.15, 0.2) is 5.96 Å². The van der Waals surface area contributed by atoms with Crippen LogP contribution >= 0.6 is 0 Å². The van der Waals surface area contributed by atoms with Crippen LogP contribution in [0, 0.1) is 6.92 Å². The molecule has 2 aromatic rings. The fraction of sp³-hybridized carbons (Fsp3) is 0.235. The maximum atomic E-state index is 4.56. The van der Waals surface area contributed by atoms with Crippen LogP contribution in [0.4, 0.5) is 5.69 Å². The van der Waals surface area contributed by atoms with Gasteiger partial charge in [-0.2, -0.15) is 0 Å². The van der Waals surface area contributed by atoms with E-state index >= 15 is 0 Å². The van der Waals surface area contributed by atoms with Gasteiger partial charge in [-0.05, 0) is 24.6 Å². The molecule has 1 N–H and O–H groups in total. The summed E-state index contributed by atoms with van der Waals surface area (Å²) in [4.78, 5) is 6.80. The van der Waals surface area contributed by atoms with E-state index < -0.39 is 0 Å². The summed E-state index contributed by atoms with van der Waals surface area (Å²) in [6, 6.07) is 19.0. The Kier molecular flexibility index (Phi) is 3.68. The smallest absolute Gasteiger partial charge is 0.198 e. The van der Waals surface area contributed by atoms with Crippen molar-refractivity contribution < 1.29 is 0 Å². The summed E-state index contributed by atoms with van der Waals surface area (Å²) in [5, 5.41) is 3.44. The topological polar surface area (TPSA) is 27.6 Å². The standard InChI is InChI=1S/C17H19N3/c1-14-7-9-16(10-8-14)20-12-11-18-17(20)19-13-15-5-3-2-4-6-15/h2-10H,11-13H2,1H3,(H,18,19). The molecule has 0 aromatic heterocycles. The molecule has 2 aromatic carbocycles. The summed E-state index contributed by atoms with van der Waals surface area (Å²) in [7, 11) is 0. The molecule has 1 aliphatic heterocycles. The minimum atomic E-state index is 0.808. The highest BCUT2D eigenvalue weighted by atomic mass is 15.3. The van der Waals surface area contributed by atoms with Crippen molar-refractivity contribution in [2.45, 2.75) is 13.5 Å². The molecule has 1 aliphatic rings. The van der Waals surface area contributed by atoms with Gasteiger partial charge in [-0.1, -0.05) is 48.0 Å². The fourth-order valence-electron chi connectivity index (χ4n) is 2.35. The van der Waals surface area contributed by atoms with E-state index in [9.17, 15) is 0 Å². The number of rotatable bonds is 3. The normalized spacial score (nSPS) is 14.2. The molecular weight excluding hydrogens is 246 g/mol. The highest BCUT2D eigenvalue weighted by Gasteiger charge is 2.17. The molecule has 102 valence electrons. The van der Waals surface area contributed by atoms with Crippen molar-refractivity contribution in [2.75, 3.05) is 18.0 Å². The van der Waals surface area contributed by atoms with Crippen LogP contribution in [-0.2, 0) is 6.54 Å². The number of aliphatic imine (C=N–C) groups is 1. The maximum absolute atomic E-state index is 4.56. The van der Waals surface area contributed by atoms with Crippen molar-refractivity contribution in [2.24, 2.45) is 4.99 Å². The van der Waals surface area contributed by atoms with Crippen molar-refractivity contribution in [3.8, 4) is 0 Å². The van der Waals surface area contributed by atoms with Gasteiger partial charge >= 0.3 is 0 Å². The van der Waals surface area contributed by atoms with Crippen molar-refractivity contribution in [3.63, 3.8) is 0 Å². The summed E-state index contributed by atoms with van der Waals surface area (Å²) in [5.41, 5.74) is 3.75. The highest BCUT2D eigenvalue weighted by Crippen LogP contribution is 2.17. The van der Waals surface area contributed by atoms with Gasteiger partial charge in [0.2, 0.25) is 0 Å². The molecule has 3 nitrogen and oxygen atoms in total. The van der Waals surface area contributed by atoms with Crippen molar-refractivity contribution >= 4 is 11.6 Å².